The topological polar surface area (TPSA) is 65.2 Å². The van der Waals surface area contributed by atoms with Gasteiger partial charge < -0.3 is 10.5 Å². The molecule has 0 aromatic carbocycles. The fraction of sp³-hybridized carbons (Fsp3) is 0.333. The van der Waals surface area contributed by atoms with E-state index in [1.807, 2.05) is 0 Å². The normalized spacial score (nSPS) is 9.86. The van der Waals surface area contributed by atoms with Crippen molar-refractivity contribution >= 4 is 27.7 Å². The van der Waals surface area contributed by atoms with Gasteiger partial charge in [-0.25, -0.2) is 4.98 Å². The average molecular weight is 259 g/mol. The molecule has 1 aromatic rings. The van der Waals surface area contributed by atoms with E-state index in [1.165, 1.54) is 0 Å². The maximum absolute atomic E-state index is 11.2. The molecular formula is C9H11BrN2O2. The molecule has 76 valence electrons. The van der Waals surface area contributed by atoms with Crippen LogP contribution in [0, 0.1) is 0 Å². The minimum atomic E-state index is -0.300. The summed E-state index contributed by atoms with van der Waals surface area (Å²) in [5.41, 5.74) is 6.09. The Balaban J connectivity index is 2.75. The number of pyridine rings is 1. The minimum Gasteiger partial charge on any atom is -0.466 e. The van der Waals surface area contributed by atoms with Crippen molar-refractivity contribution in [1.29, 1.82) is 0 Å². The Labute approximate surface area is 90.6 Å². The lowest BCUT2D eigenvalue weighted by Crippen LogP contribution is -2.10. The second-order valence-corrected chi connectivity index (χ2v) is 3.50. The van der Waals surface area contributed by atoms with E-state index in [2.05, 4.69) is 20.9 Å². The first-order valence-corrected chi connectivity index (χ1v) is 4.99. The molecule has 14 heavy (non-hydrogen) atoms. The zero-order valence-corrected chi connectivity index (χ0v) is 9.37. The van der Waals surface area contributed by atoms with Crippen molar-refractivity contribution in [3.8, 4) is 0 Å². The Morgan fingerprint density at radius 3 is 3.00 bits per heavy atom. The molecule has 0 aliphatic heterocycles. The van der Waals surface area contributed by atoms with Gasteiger partial charge >= 0.3 is 5.97 Å². The molecule has 0 spiro atoms. The summed E-state index contributed by atoms with van der Waals surface area (Å²) in [5, 5.41) is 0. The number of carbonyl (C=O) groups excluding carboxylic acids is 1. The fourth-order valence-electron chi connectivity index (χ4n) is 0.974. The van der Waals surface area contributed by atoms with Crippen LogP contribution >= 0.6 is 15.9 Å². The quantitative estimate of drug-likeness (QED) is 0.836. The van der Waals surface area contributed by atoms with Gasteiger partial charge in [-0.2, -0.15) is 0 Å². The maximum Gasteiger partial charge on any atom is 0.311 e. The number of nitrogen functional groups attached to an aromatic ring is 1. The van der Waals surface area contributed by atoms with Gasteiger partial charge in [0, 0.05) is 4.47 Å². The maximum atomic E-state index is 11.2. The van der Waals surface area contributed by atoms with Crippen molar-refractivity contribution in [2.24, 2.45) is 0 Å². The van der Waals surface area contributed by atoms with Gasteiger partial charge in [-0.05, 0) is 35.0 Å². The lowest BCUT2D eigenvalue weighted by Gasteiger charge is -2.04. The van der Waals surface area contributed by atoms with E-state index in [-0.39, 0.29) is 12.4 Å². The molecule has 4 nitrogen and oxygen atoms in total. The van der Waals surface area contributed by atoms with Crippen molar-refractivity contribution in [2.75, 3.05) is 12.3 Å². The highest BCUT2D eigenvalue weighted by molar-refractivity contribution is 9.10. The molecule has 0 saturated carbocycles. The number of ether oxygens (including phenoxy) is 1. The van der Waals surface area contributed by atoms with Crippen molar-refractivity contribution in [3.05, 3.63) is 22.3 Å². The summed E-state index contributed by atoms with van der Waals surface area (Å²) >= 11 is 3.28. The van der Waals surface area contributed by atoms with Crippen LogP contribution in [0.15, 0.2) is 16.6 Å². The molecule has 0 aliphatic rings. The summed E-state index contributed by atoms with van der Waals surface area (Å²) in [4.78, 5) is 15.2. The molecular weight excluding hydrogens is 248 g/mol. The molecule has 0 radical (unpaired) electrons. The summed E-state index contributed by atoms with van der Waals surface area (Å²) in [6.07, 6.45) is 0.138. The second-order valence-electron chi connectivity index (χ2n) is 2.65. The summed E-state index contributed by atoms with van der Waals surface area (Å²) in [7, 11) is 0. The first-order chi connectivity index (χ1) is 6.63. The van der Waals surface area contributed by atoms with Gasteiger partial charge in [0.05, 0.1) is 18.7 Å². The summed E-state index contributed by atoms with van der Waals surface area (Å²) in [5.74, 6) is 0.0961. The van der Waals surface area contributed by atoms with Gasteiger partial charge in [-0.1, -0.05) is 0 Å². The highest BCUT2D eigenvalue weighted by Crippen LogP contribution is 2.16. The highest BCUT2D eigenvalue weighted by Gasteiger charge is 2.09. The van der Waals surface area contributed by atoms with Gasteiger partial charge in [-0.15, -0.1) is 0 Å². The molecule has 0 amide bonds. The van der Waals surface area contributed by atoms with E-state index in [0.717, 1.165) is 4.47 Å². The zero-order chi connectivity index (χ0) is 10.6. The molecule has 1 heterocycles. The predicted molar refractivity (Wildman–Crippen MR) is 56.7 cm³/mol. The van der Waals surface area contributed by atoms with Crippen LogP contribution in [-0.4, -0.2) is 17.6 Å². The summed E-state index contributed by atoms with van der Waals surface area (Å²) in [6.45, 7) is 2.14. The molecule has 0 atom stereocenters. The molecule has 2 N–H and O–H groups in total. The first-order valence-electron chi connectivity index (χ1n) is 4.20. The third kappa shape index (κ3) is 2.99. The van der Waals surface area contributed by atoms with Gasteiger partial charge in [0.2, 0.25) is 0 Å². The van der Waals surface area contributed by atoms with E-state index in [1.54, 1.807) is 19.1 Å². The van der Waals surface area contributed by atoms with Crippen LogP contribution in [0.1, 0.15) is 12.6 Å². The van der Waals surface area contributed by atoms with Crippen molar-refractivity contribution < 1.29 is 9.53 Å². The van der Waals surface area contributed by atoms with Crippen LogP contribution in [0.25, 0.3) is 0 Å². The molecule has 0 bridgehead atoms. The number of anilines is 1. The van der Waals surface area contributed by atoms with Crippen molar-refractivity contribution in [2.45, 2.75) is 13.3 Å². The lowest BCUT2D eigenvalue weighted by molar-refractivity contribution is -0.142. The van der Waals surface area contributed by atoms with Crippen LogP contribution in [0.5, 0.6) is 0 Å². The van der Waals surface area contributed by atoms with Gasteiger partial charge in [0.15, 0.2) is 0 Å². The monoisotopic (exact) mass is 258 g/mol. The number of halogens is 1. The standard InChI is InChI=1S/C9H11BrN2O2/c1-2-14-9(13)5-7-6(10)3-4-8(11)12-7/h3-4H,2,5H2,1H3,(H2,11,12). The van der Waals surface area contributed by atoms with Crippen LogP contribution in [0.2, 0.25) is 0 Å². The van der Waals surface area contributed by atoms with Crippen LogP contribution in [0.3, 0.4) is 0 Å². The fourth-order valence-corrected chi connectivity index (χ4v) is 1.33. The Kier molecular flexibility index (Phi) is 3.88. The number of aromatic nitrogens is 1. The highest BCUT2D eigenvalue weighted by atomic mass is 79.9. The Morgan fingerprint density at radius 2 is 2.36 bits per heavy atom. The van der Waals surface area contributed by atoms with E-state index in [4.69, 9.17) is 10.5 Å². The number of nitrogens with zero attached hydrogens (tertiary/aromatic N) is 1. The minimum absolute atomic E-state index is 0.138. The smallest absolute Gasteiger partial charge is 0.311 e. The average Bonchev–Trinajstić information content (AvgIpc) is 2.12. The molecule has 0 fully saturated rings. The summed E-state index contributed by atoms with van der Waals surface area (Å²) < 4.78 is 5.56. The van der Waals surface area contributed by atoms with Crippen molar-refractivity contribution in [1.82, 2.24) is 4.98 Å². The van der Waals surface area contributed by atoms with Crippen LogP contribution < -0.4 is 5.73 Å². The first kappa shape index (κ1) is 11.0. The lowest BCUT2D eigenvalue weighted by atomic mass is 10.3. The Bertz CT molecular complexity index is 342. The van der Waals surface area contributed by atoms with Crippen LogP contribution in [0.4, 0.5) is 5.82 Å². The van der Waals surface area contributed by atoms with Crippen molar-refractivity contribution in [3.63, 3.8) is 0 Å². The van der Waals surface area contributed by atoms with Gasteiger partial charge in [0.1, 0.15) is 5.82 Å². The molecule has 1 rings (SSSR count). The molecule has 1 aromatic heterocycles. The number of hydrogen-bond donors (Lipinski definition) is 1. The SMILES string of the molecule is CCOC(=O)Cc1nc(N)ccc1Br. The number of rotatable bonds is 3. The number of nitrogens with two attached hydrogens (primary N) is 1. The predicted octanol–water partition coefficient (Wildman–Crippen LogP) is 1.53. The van der Waals surface area contributed by atoms with Gasteiger partial charge in [-0.3, -0.25) is 4.79 Å². The molecule has 5 heteroatoms. The van der Waals surface area contributed by atoms with Gasteiger partial charge in [0.25, 0.3) is 0 Å². The van der Waals surface area contributed by atoms with E-state index in [9.17, 15) is 4.79 Å². The Morgan fingerprint density at radius 1 is 1.64 bits per heavy atom. The molecule has 0 saturated heterocycles. The van der Waals surface area contributed by atoms with E-state index in [0.29, 0.717) is 18.1 Å². The molecule has 0 aliphatic carbocycles. The second kappa shape index (κ2) is 4.95. The number of hydrogen-bond acceptors (Lipinski definition) is 4. The third-order valence-corrected chi connectivity index (χ3v) is 2.28. The largest absolute Gasteiger partial charge is 0.466 e. The van der Waals surface area contributed by atoms with Crippen LogP contribution in [-0.2, 0) is 16.0 Å². The summed E-state index contributed by atoms with van der Waals surface area (Å²) in [6, 6.07) is 3.43. The van der Waals surface area contributed by atoms with E-state index < -0.39 is 0 Å². The number of carbonyl (C=O) groups is 1. The van der Waals surface area contributed by atoms with E-state index >= 15 is 0 Å². The zero-order valence-electron chi connectivity index (χ0n) is 7.79. The Hall–Kier alpha value is -1.10. The molecule has 0 unspecified atom stereocenters. The third-order valence-electron chi connectivity index (χ3n) is 1.56. The number of esters is 1.